The first-order valence-electron chi connectivity index (χ1n) is 10.9. The van der Waals surface area contributed by atoms with Crippen molar-refractivity contribution in [2.24, 2.45) is 0 Å². The summed E-state index contributed by atoms with van der Waals surface area (Å²) in [6.45, 7) is 1.15. The molecule has 1 aliphatic heterocycles. The van der Waals surface area contributed by atoms with Crippen LogP contribution in [0.25, 0.3) is 16.9 Å². The van der Waals surface area contributed by atoms with E-state index in [1.54, 1.807) is 25.4 Å². The summed E-state index contributed by atoms with van der Waals surface area (Å²) in [4.78, 5) is 32.5. The van der Waals surface area contributed by atoms with Gasteiger partial charge in [-0.2, -0.15) is 0 Å². The van der Waals surface area contributed by atoms with Gasteiger partial charge < -0.3 is 20.7 Å². The number of ether oxygens (including phenoxy) is 1. The minimum Gasteiger partial charge on any atom is -0.385 e. The van der Waals surface area contributed by atoms with Crippen LogP contribution in [0.2, 0.25) is 0 Å². The summed E-state index contributed by atoms with van der Waals surface area (Å²) >= 11 is 0. The highest BCUT2D eigenvalue weighted by Crippen LogP contribution is 2.26. The maximum atomic E-state index is 12.9. The summed E-state index contributed by atoms with van der Waals surface area (Å²) in [7, 11) is 1.79. The molecular formula is C24H23N7O3. The molecule has 3 N–H and O–H groups in total. The molecule has 0 aliphatic carbocycles. The highest BCUT2D eigenvalue weighted by molar-refractivity contribution is 5.94. The number of nitrogens with zero attached hydrogens (tertiary/aromatic N) is 4. The second-order valence-corrected chi connectivity index (χ2v) is 7.91. The number of aromatic nitrogens is 4. The molecule has 3 aromatic heterocycles. The Bertz CT molecular complexity index is 1340. The molecule has 0 bridgehead atoms. The quantitative estimate of drug-likeness (QED) is 0.362. The first-order chi connectivity index (χ1) is 16.6. The molecule has 4 aromatic rings. The number of nitrogens with one attached hydrogen (secondary N) is 3. The number of fused-ring (bicyclic) bond motifs is 1. The predicted molar refractivity (Wildman–Crippen MR) is 128 cm³/mol. The molecule has 172 valence electrons. The third-order valence-corrected chi connectivity index (χ3v) is 5.59. The predicted octanol–water partition coefficient (Wildman–Crippen LogP) is 2.91. The molecule has 1 saturated heterocycles. The Kier molecular flexibility index (Phi) is 5.88. The number of anilines is 3. The zero-order valence-electron chi connectivity index (χ0n) is 18.5. The van der Waals surface area contributed by atoms with Crippen LogP contribution in [0.3, 0.4) is 0 Å². The monoisotopic (exact) mass is 457 g/mol. The zero-order chi connectivity index (χ0) is 23.5. The first-order valence-corrected chi connectivity index (χ1v) is 10.9. The van der Waals surface area contributed by atoms with E-state index in [-0.39, 0.29) is 11.9 Å². The van der Waals surface area contributed by atoms with Crippen molar-refractivity contribution in [2.45, 2.75) is 12.5 Å². The van der Waals surface area contributed by atoms with Gasteiger partial charge in [0, 0.05) is 42.7 Å². The van der Waals surface area contributed by atoms with Crippen molar-refractivity contribution < 1.29 is 14.3 Å². The van der Waals surface area contributed by atoms with Crippen molar-refractivity contribution in [1.82, 2.24) is 24.9 Å². The largest absolute Gasteiger partial charge is 0.385 e. The molecule has 4 heterocycles. The van der Waals surface area contributed by atoms with Crippen molar-refractivity contribution in [2.75, 3.05) is 30.9 Å². The van der Waals surface area contributed by atoms with Gasteiger partial charge in [0.1, 0.15) is 0 Å². The summed E-state index contributed by atoms with van der Waals surface area (Å²) in [5.74, 6) is 0.288. The topological polar surface area (TPSA) is 123 Å². The third-order valence-electron chi connectivity index (χ3n) is 5.59. The van der Waals surface area contributed by atoms with Crippen molar-refractivity contribution in [3.63, 3.8) is 0 Å². The molecule has 10 heteroatoms. The Hall–Kier alpha value is -4.31. The van der Waals surface area contributed by atoms with E-state index < -0.39 is 0 Å². The number of carbonyl (C=O) groups is 2. The molecular weight excluding hydrogens is 434 g/mol. The lowest BCUT2D eigenvalue weighted by Gasteiger charge is -2.12. The van der Waals surface area contributed by atoms with Crippen LogP contribution in [0.5, 0.6) is 0 Å². The molecule has 1 aromatic carbocycles. The van der Waals surface area contributed by atoms with Crippen molar-refractivity contribution in [3.05, 3.63) is 66.1 Å². The minimum atomic E-state index is -0.249. The fourth-order valence-corrected chi connectivity index (χ4v) is 3.83. The maximum absolute atomic E-state index is 12.9. The van der Waals surface area contributed by atoms with Gasteiger partial charge >= 0.3 is 0 Å². The van der Waals surface area contributed by atoms with E-state index >= 15 is 0 Å². The average Bonchev–Trinajstić information content (AvgIpc) is 3.54. The van der Waals surface area contributed by atoms with Gasteiger partial charge in [-0.15, -0.1) is 5.10 Å². The number of pyridine rings is 1. The van der Waals surface area contributed by atoms with Gasteiger partial charge in [0.15, 0.2) is 23.4 Å². The molecule has 34 heavy (non-hydrogen) atoms. The fraction of sp³-hybridized carbons (Fsp3) is 0.208. The number of benzene rings is 1. The van der Waals surface area contributed by atoms with Crippen LogP contribution >= 0.6 is 0 Å². The molecule has 10 nitrogen and oxygen atoms in total. The lowest BCUT2D eigenvalue weighted by Crippen LogP contribution is -2.35. The first kappa shape index (κ1) is 21.5. The number of carbonyl (C=O) groups excluding carboxylic acids is 2. The minimum absolute atomic E-state index is 0.0138. The standard InChI is InChI=1S/C24H23N7O3/c1-25-20-10-22(28-17-4-2-3-16(9-17)19-6-5-15(13-32)11-26-19)30-31-21(12-27-23(20)31)24(33)29-18-7-8-34-14-18/h2-6,9-13,18,25H,7-8,14H2,1H3,(H,28,30)(H,29,33). The van der Waals surface area contributed by atoms with Crippen LogP contribution < -0.4 is 16.0 Å². The second-order valence-electron chi connectivity index (χ2n) is 7.91. The van der Waals surface area contributed by atoms with Crippen molar-refractivity contribution in [3.8, 4) is 11.3 Å². The number of hydrogen-bond acceptors (Lipinski definition) is 8. The van der Waals surface area contributed by atoms with Crippen LogP contribution in [0.1, 0.15) is 27.3 Å². The van der Waals surface area contributed by atoms with E-state index in [0.717, 1.165) is 35.3 Å². The number of imidazole rings is 1. The highest BCUT2D eigenvalue weighted by Gasteiger charge is 2.22. The molecule has 1 amide bonds. The number of aldehydes is 1. The molecule has 0 radical (unpaired) electrons. The lowest BCUT2D eigenvalue weighted by atomic mass is 10.1. The van der Waals surface area contributed by atoms with Crippen LogP contribution in [-0.4, -0.2) is 58.1 Å². The van der Waals surface area contributed by atoms with Crippen LogP contribution in [-0.2, 0) is 4.74 Å². The third kappa shape index (κ3) is 4.30. The number of hydrogen-bond donors (Lipinski definition) is 3. The fourth-order valence-electron chi connectivity index (χ4n) is 3.83. The van der Waals surface area contributed by atoms with E-state index in [1.807, 2.05) is 30.3 Å². The van der Waals surface area contributed by atoms with E-state index in [0.29, 0.717) is 35.9 Å². The Balaban J connectivity index is 1.44. The average molecular weight is 457 g/mol. The normalized spacial score (nSPS) is 15.3. The molecule has 1 unspecified atom stereocenters. The highest BCUT2D eigenvalue weighted by atomic mass is 16.5. The molecule has 1 fully saturated rings. The van der Waals surface area contributed by atoms with Crippen molar-refractivity contribution >= 4 is 35.0 Å². The smallest absolute Gasteiger partial charge is 0.271 e. The number of amides is 1. The van der Waals surface area contributed by atoms with Gasteiger partial charge in [-0.25, -0.2) is 9.50 Å². The Morgan fingerprint density at radius 3 is 2.82 bits per heavy atom. The summed E-state index contributed by atoms with van der Waals surface area (Å²) in [5, 5.41) is 14.0. The van der Waals surface area contributed by atoms with Gasteiger partial charge in [0.25, 0.3) is 5.91 Å². The van der Waals surface area contributed by atoms with Crippen molar-refractivity contribution in [1.29, 1.82) is 0 Å². The molecule has 0 spiro atoms. The van der Waals surface area contributed by atoms with Crippen LogP contribution in [0, 0.1) is 0 Å². The summed E-state index contributed by atoms with van der Waals surface area (Å²) in [6.07, 6.45) is 4.61. The Morgan fingerprint density at radius 2 is 2.09 bits per heavy atom. The van der Waals surface area contributed by atoms with Gasteiger partial charge in [-0.1, -0.05) is 12.1 Å². The van der Waals surface area contributed by atoms with Gasteiger partial charge in [-0.05, 0) is 30.7 Å². The Morgan fingerprint density at radius 1 is 1.18 bits per heavy atom. The number of rotatable bonds is 7. The van der Waals surface area contributed by atoms with Gasteiger partial charge in [0.05, 0.1) is 30.2 Å². The Labute approximate surface area is 195 Å². The molecule has 1 atom stereocenters. The van der Waals surface area contributed by atoms with E-state index in [1.165, 1.54) is 10.7 Å². The second kappa shape index (κ2) is 9.28. The van der Waals surface area contributed by atoms with Gasteiger partial charge in [-0.3, -0.25) is 14.6 Å². The summed E-state index contributed by atoms with van der Waals surface area (Å²) < 4.78 is 6.88. The lowest BCUT2D eigenvalue weighted by molar-refractivity contribution is 0.0922. The molecule has 5 rings (SSSR count). The maximum Gasteiger partial charge on any atom is 0.271 e. The zero-order valence-corrected chi connectivity index (χ0v) is 18.5. The van der Waals surface area contributed by atoms with E-state index in [4.69, 9.17) is 4.74 Å². The molecule has 1 aliphatic rings. The summed E-state index contributed by atoms with van der Waals surface area (Å²) in [5.41, 5.74) is 4.57. The van der Waals surface area contributed by atoms with E-state index in [2.05, 4.69) is 31.0 Å². The van der Waals surface area contributed by atoms with Crippen LogP contribution in [0.4, 0.5) is 17.2 Å². The van der Waals surface area contributed by atoms with E-state index in [9.17, 15) is 9.59 Å². The SMILES string of the molecule is CNc1cc(Nc2cccc(-c3ccc(C=O)cn3)c2)nn2c(C(=O)NC3CCOC3)cnc12. The summed E-state index contributed by atoms with van der Waals surface area (Å²) in [6, 6.07) is 13.1. The van der Waals surface area contributed by atoms with Crippen LogP contribution in [0.15, 0.2) is 54.9 Å². The van der Waals surface area contributed by atoms with Gasteiger partial charge in [0.2, 0.25) is 0 Å². The molecule has 0 saturated carbocycles.